The number of carbonyl (C=O) groups is 2. The van der Waals surface area contributed by atoms with Crippen LogP contribution in [0.2, 0.25) is 0 Å². The minimum Gasteiger partial charge on any atom is -0.508 e. The zero-order valence-corrected chi connectivity index (χ0v) is 16.0. The van der Waals surface area contributed by atoms with Crippen molar-refractivity contribution in [1.82, 2.24) is 10.7 Å². The van der Waals surface area contributed by atoms with E-state index >= 15 is 0 Å². The summed E-state index contributed by atoms with van der Waals surface area (Å²) in [4.78, 5) is 24.9. The van der Waals surface area contributed by atoms with Gasteiger partial charge in [0.15, 0.2) is 0 Å². The molecule has 0 fully saturated rings. The minimum atomic E-state index is -0.545. The molecule has 3 aromatic carbocycles. The van der Waals surface area contributed by atoms with Gasteiger partial charge < -0.3 is 15.5 Å². The highest BCUT2D eigenvalue weighted by atomic mass is 16.3. The van der Waals surface area contributed by atoms with Crippen LogP contribution in [-0.4, -0.2) is 28.2 Å². The maximum absolute atomic E-state index is 12.6. The molecule has 0 unspecified atom stereocenters. The summed E-state index contributed by atoms with van der Waals surface area (Å²) in [7, 11) is 0. The lowest BCUT2D eigenvalue weighted by molar-refractivity contribution is -0.121. The molecule has 0 radical (unpaired) electrons. The number of rotatable bonds is 7. The number of phenolic OH excluding ortho intramolecular Hbond substituents is 2. The Hall–Kier alpha value is -4.13. The fraction of sp³-hybridized carbons (Fsp3) is 0.0870. The Morgan fingerprint density at radius 3 is 2.27 bits per heavy atom. The molecule has 0 heterocycles. The average molecular weight is 403 g/mol. The first-order valence-corrected chi connectivity index (χ1v) is 9.27. The molecule has 0 aliphatic carbocycles. The van der Waals surface area contributed by atoms with Crippen molar-refractivity contribution in [3.63, 3.8) is 0 Å². The van der Waals surface area contributed by atoms with Gasteiger partial charge in [-0.3, -0.25) is 9.59 Å². The molecule has 0 aliphatic heterocycles. The second-order valence-electron chi connectivity index (χ2n) is 6.54. The Kier molecular flexibility index (Phi) is 6.78. The number of hydrogen-bond donors (Lipinski definition) is 4. The van der Waals surface area contributed by atoms with E-state index in [1.165, 1.54) is 24.4 Å². The first kappa shape index (κ1) is 20.6. The number of hydrazone groups is 1. The van der Waals surface area contributed by atoms with Crippen molar-refractivity contribution in [3.8, 4) is 11.5 Å². The number of amides is 2. The number of phenols is 2. The summed E-state index contributed by atoms with van der Waals surface area (Å²) in [5, 5.41) is 25.8. The molecule has 1 atom stereocenters. The zero-order valence-electron chi connectivity index (χ0n) is 16.0. The highest BCUT2D eigenvalue weighted by Crippen LogP contribution is 2.21. The van der Waals surface area contributed by atoms with Crippen LogP contribution in [-0.2, 0) is 4.79 Å². The first-order chi connectivity index (χ1) is 14.5. The van der Waals surface area contributed by atoms with Crippen molar-refractivity contribution < 1.29 is 19.8 Å². The van der Waals surface area contributed by atoms with Crippen LogP contribution in [0.3, 0.4) is 0 Å². The molecule has 3 aromatic rings. The molecule has 152 valence electrons. The molecule has 0 saturated heterocycles. The predicted molar refractivity (Wildman–Crippen MR) is 113 cm³/mol. The minimum absolute atomic E-state index is 0.0263. The highest BCUT2D eigenvalue weighted by molar-refractivity contribution is 5.94. The molecule has 30 heavy (non-hydrogen) atoms. The number of carbonyl (C=O) groups excluding carboxylic acids is 2. The molecule has 7 heteroatoms. The molecule has 0 aromatic heterocycles. The van der Waals surface area contributed by atoms with Crippen molar-refractivity contribution in [1.29, 1.82) is 0 Å². The summed E-state index contributed by atoms with van der Waals surface area (Å²) >= 11 is 0. The molecular weight excluding hydrogens is 382 g/mol. The van der Waals surface area contributed by atoms with Gasteiger partial charge in [-0.15, -0.1) is 0 Å². The van der Waals surface area contributed by atoms with E-state index in [1.54, 1.807) is 24.3 Å². The quantitative estimate of drug-likeness (QED) is 0.359. The molecule has 7 nitrogen and oxygen atoms in total. The van der Waals surface area contributed by atoms with Gasteiger partial charge in [0.05, 0.1) is 18.7 Å². The summed E-state index contributed by atoms with van der Waals surface area (Å²) in [5.74, 6) is -0.930. The number of nitrogens with zero attached hydrogens (tertiary/aromatic N) is 1. The van der Waals surface area contributed by atoms with Crippen LogP contribution in [0.5, 0.6) is 11.5 Å². The van der Waals surface area contributed by atoms with Crippen LogP contribution >= 0.6 is 0 Å². The third-order valence-electron chi connectivity index (χ3n) is 4.34. The summed E-state index contributed by atoms with van der Waals surface area (Å²) in [5.41, 5.74) is 4.02. The lowest BCUT2D eigenvalue weighted by atomic mass is 10.0. The van der Waals surface area contributed by atoms with Crippen molar-refractivity contribution >= 4 is 18.0 Å². The summed E-state index contributed by atoms with van der Waals surface area (Å²) < 4.78 is 0. The maximum Gasteiger partial charge on any atom is 0.251 e. The van der Waals surface area contributed by atoms with Gasteiger partial charge >= 0.3 is 0 Å². The fourth-order valence-electron chi connectivity index (χ4n) is 2.81. The molecule has 2 amide bonds. The van der Waals surface area contributed by atoms with Gasteiger partial charge in [-0.05, 0) is 29.8 Å². The van der Waals surface area contributed by atoms with Crippen LogP contribution < -0.4 is 10.7 Å². The van der Waals surface area contributed by atoms with Crippen molar-refractivity contribution in [2.75, 3.05) is 0 Å². The fourth-order valence-corrected chi connectivity index (χ4v) is 2.81. The van der Waals surface area contributed by atoms with Gasteiger partial charge in [-0.25, -0.2) is 5.43 Å². The Morgan fingerprint density at radius 1 is 0.933 bits per heavy atom. The van der Waals surface area contributed by atoms with E-state index in [0.717, 1.165) is 5.56 Å². The molecule has 0 spiro atoms. The lowest BCUT2D eigenvalue weighted by Crippen LogP contribution is -2.32. The van der Waals surface area contributed by atoms with Crippen LogP contribution in [0.15, 0.2) is 84.0 Å². The molecule has 0 bridgehead atoms. The number of benzene rings is 3. The Labute approximate surface area is 173 Å². The maximum atomic E-state index is 12.6. The third kappa shape index (κ3) is 5.68. The van der Waals surface area contributed by atoms with Crippen molar-refractivity contribution in [2.24, 2.45) is 5.10 Å². The second-order valence-corrected chi connectivity index (χ2v) is 6.54. The molecule has 4 N–H and O–H groups in total. The topological polar surface area (TPSA) is 111 Å². The van der Waals surface area contributed by atoms with E-state index in [2.05, 4.69) is 15.8 Å². The normalized spacial score (nSPS) is 11.7. The first-order valence-electron chi connectivity index (χ1n) is 9.27. The number of hydrogen-bond acceptors (Lipinski definition) is 5. The van der Waals surface area contributed by atoms with Gasteiger partial charge in [0.1, 0.15) is 11.5 Å². The van der Waals surface area contributed by atoms with Gasteiger partial charge in [-0.2, -0.15) is 5.10 Å². The van der Waals surface area contributed by atoms with E-state index in [1.807, 2.05) is 36.4 Å². The lowest BCUT2D eigenvalue weighted by Gasteiger charge is -2.18. The highest BCUT2D eigenvalue weighted by Gasteiger charge is 2.19. The number of nitrogens with one attached hydrogen (secondary N) is 2. The summed E-state index contributed by atoms with van der Waals surface area (Å²) in [6.45, 7) is 0. The Morgan fingerprint density at radius 2 is 1.60 bits per heavy atom. The van der Waals surface area contributed by atoms with Gasteiger partial charge in [0, 0.05) is 17.2 Å². The molecule has 0 aliphatic rings. The van der Waals surface area contributed by atoms with E-state index in [-0.39, 0.29) is 23.8 Å². The summed E-state index contributed by atoms with van der Waals surface area (Å²) in [6.07, 6.45) is 1.24. The van der Waals surface area contributed by atoms with Crippen molar-refractivity contribution in [3.05, 3.63) is 95.6 Å². The smallest absolute Gasteiger partial charge is 0.251 e. The van der Waals surface area contributed by atoms with E-state index < -0.39 is 11.9 Å². The van der Waals surface area contributed by atoms with Gasteiger partial charge in [-0.1, -0.05) is 48.5 Å². The van der Waals surface area contributed by atoms with E-state index in [9.17, 15) is 19.8 Å². The second kappa shape index (κ2) is 9.88. The third-order valence-corrected chi connectivity index (χ3v) is 4.34. The van der Waals surface area contributed by atoms with Crippen LogP contribution in [0, 0.1) is 0 Å². The van der Waals surface area contributed by atoms with E-state index in [4.69, 9.17) is 0 Å². The average Bonchev–Trinajstić information content (AvgIpc) is 2.76. The number of aromatic hydroxyl groups is 2. The monoisotopic (exact) mass is 403 g/mol. The SMILES string of the molecule is O=C(C[C@H](NC(=O)c1ccccc1)c1ccccc1)N/N=C\c1ccc(O)cc1O. The summed E-state index contributed by atoms with van der Waals surface area (Å²) in [6, 6.07) is 21.4. The Balaban J connectivity index is 1.67. The zero-order chi connectivity index (χ0) is 21.3. The van der Waals surface area contributed by atoms with Crippen LogP contribution in [0.25, 0.3) is 0 Å². The van der Waals surface area contributed by atoms with Crippen LogP contribution in [0.4, 0.5) is 0 Å². The van der Waals surface area contributed by atoms with Gasteiger partial charge in [0.2, 0.25) is 5.91 Å². The van der Waals surface area contributed by atoms with Gasteiger partial charge in [0.25, 0.3) is 5.91 Å². The predicted octanol–water partition coefficient (Wildman–Crippen LogP) is 3.11. The van der Waals surface area contributed by atoms with E-state index in [0.29, 0.717) is 11.1 Å². The standard InChI is InChI=1S/C23H21N3O4/c27-19-12-11-18(21(28)13-19)15-24-26-22(29)14-20(16-7-3-1-4-8-16)25-23(30)17-9-5-2-6-10-17/h1-13,15,20,27-28H,14H2,(H,25,30)(H,26,29)/b24-15-/t20-/m0/s1. The molecular formula is C23H21N3O4. The largest absolute Gasteiger partial charge is 0.508 e. The molecule has 3 rings (SSSR count). The molecule has 0 saturated carbocycles. The van der Waals surface area contributed by atoms with Crippen molar-refractivity contribution in [2.45, 2.75) is 12.5 Å². The Bertz CT molecular complexity index is 1040. The van der Waals surface area contributed by atoms with Crippen LogP contribution in [0.1, 0.15) is 33.9 Å².